The summed E-state index contributed by atoms with van der Waals surface area (Å²) in [7, 11) is 0. The van der Waals surface area contributed by atoms with Crippen LogP contribution in [-0.4, -0.2) is 78.7 Å². The second-order valence-corrected chi connectivity index (χ2v) is 13.0. The monoisotopic (exact) mass is 662 g/mol. The molecule has 0 spiro atoms. The van der Waals surface area contributed by atoms with E-state index in [1.54, 1.807) is 0 Å². The van der Waals surface area contributed by atoms with E-state index in [4.69, 9.17) is 38.7 Å². The summed E-state index contributed by atoms with van der Waals surface area (Å²) in [5.41, 5.74) is 20.1. The minimum Gasteiger partial charge on any atom is -0.478 e. The van der Waals surface area contributed by atoms with Crippen molar-refractivity contribution in [3.63, 3.8) is 0 Å². The maximum atomic E-state index is 13.3. The molecule has 0 aliphatic carbocycles. The highest BCUT2D eigenvalue weighted by molar-refractivity contribution is 8.00. The van der Waals surface area contributed by atoms with Crippen LogP contribution in [0.4, 0.5) is 10.9 Å². The average Bonchev–Trinajstić information content (AvgIpc) is 3.48. The number of carbonyl (C=O) groups is 4. The zero-order valence-corrected chi connectivity index (χ0v) is 25.9. The molecule has 44 heavy (non-hydrogen) atoms. The van der Waals surface area contributed by atoms with E-state index in [2.05, 4.69) is 15.5 Å². The van der Waals surface area contributed by atoms with Gasteiger partial charge in [-0.1, -0.05) is 28.1 Å². The van der Waals surface area contributed by atoms with Gasteiger partial charge in [0.05, 0.1) is 11.8 Å². The first-order chi connectivity index (χ1) is 20.9. The predicted molar refractivity (Wildman–Crippen MR) is 165 cm³/mol. The van der Waals surface area contributed by atoms with Crippen molar-refractivity contribution in [3.05, 3.63) is 45.7 Å². The van der Waals surface area contributed by atoms with Crippen LogP contribution >= 0.6 is 34.7 Å². The Kier molecular flexibility index (Phi) is 8.83. The first-order valence-electron chi connectivity index (χ1n) is 13.3. The number of amides is 2. The number of carboxylic acid groups (broad SMARTS) is 1. The number of nitrogen functional groups attached to an aromatic ring is 2. The number of aromatic nitrogens is 3. The topological polar surface area (TPSA) is 225 Å². The number of hydrogen-bond acceptors (Lipinski definition) is 12. The number of carboxylic acids is 1. The molecule has 0 bridgehead atoms. The van der Waals surface area contributed by atoms with Crippen molar-refractivity contribution in [1.82, 2.24) is 19.8 Å². The molecule has 8 N–H and O–H groups in total. The van der Waals surface area contributed by atoms with Gasteiger partial charge < -0.3 is 37.0 Å². The zero-order valence-electron chi connectivity index (χ0n) is 23.5. The number of oxime groups is 1. The van der Waals surface area contributed by atoms with Crippen molar-refractivity contribution in [3.8, 4) is 0 Å². The molecule has 4 atom stereocenters. The zero-order chi connectivity index (χ0) is 31.9. The molecule has 1 saturated heterocycles. The summed E-state index contributed by atoms with van der Waals surface area (Å²) in [4.78, 5) is 60.4. The SMILES string of the molecule is CC(N)Cn1c(N)cc2c1ccc[n+]2CC1=C(C=O)N2C(=O)C(NC(=O)/C(=N\O[C@@H](C)C(=O)O)c3nc(N)sc3Cl)C2SC1. The molecule has 18 heteroatoms. The fourth-order valence-electron chi connectivity index (χ4n) is 4.89. The smallest absolute Gasteiger partial charge is 0.347 e. The molecule has 2 amide bonds. The van der Waals surface area contributed by atoms with Gasteiger partial charge in [-0.25, -0.2) is 9.78 Å². The molecule has 3 aromatic heterocycles. The summed E-state index contributed by atoms with van der Waals surface area (Å²) in [5.74, 6) is -1.74. The van der Waals surface area contributed by atoms with Crippen LogP contribution in [0.5, 0.6) is 0 Å². The van der Waals surface area contributed by atoms with E-state index in [0.29, 0.717) is 30.9 Å². The van der Waals surface area contributed by atoms with Gasteiger partial charge in [0.2, 0.25) is 11.6 Å². The minimum atomic E-state index is -1.39. The highest BCUT2D eigenvalue weighted by Gasteiger charge is 2.53. The lowest BCUT2D eigenvalue weighted by atomic mass is 10.0. The first kappa shape index (κ1) is 31.2. The maximum absolute atomic E-state index is 13.3. The lowest BCUT2D eigenvalue weighted by molar-refractivity contribution is -0.663. The van der Waals surface area contributed by atoms with Crippen molar-refractivity contribution in [2.75, 3.05) is 17.2 Å². The highest BCUT2D eigenvalue weighted by atomic mass is 35.5. The van der Waals surface area contributed by atoms with Gasteiger partial charge in [0.15, 0.2) is 29.9 Å². The number of thioether (sulfide) groups is 1. The van der Waals surface area contributed by atoms with Gasteiger partial charge in [0, 0.05) is 30.0 Å². The Morgan fingerprint density at radius 3 is 2.77 bits per heavy atom. The van der Waals surface area contributed by atoms with Crippen LogP contribution in [0.2, 0.25) is 4.34 Å². The minimum absolute atomic E-state index is 0.0227. The van der Waals surface area contributed by atoms with Crippen LogP contribution in [0.3, 0.4) is 0 Å². The maximum Gasteiger partial charge on any atom is 0.347 e. The summed E-state index contributed by atoms with van der Waals surface area (Å²) in [6, 6.07) is 4.55. The predicted octanol–water partition coefficient (Wildman–Crippen LogP) is 0.297. The Balaban J connectivity index is 1.37. The largest absolute Gasteiger partial charge is 0.478 e. The molecule has 232 valence electrons. The van der Waals surface area contributed by atoms with Gasteiger partial charge in [-0.05, 0) is 19.9 Å². The van der Waals surface area contributed by atoms with E-state index in [1.165, 1.54) is 23.6 Å². The third-order valence-electron chi connectivity index (χ3n) is 6.99. The number of aliphatic carboxylic acids is 1. The third-order valence-corrected chi connectivity index (χ3v) is 9.42. The number of anilines is 2. The molecule has 15 nitrogen and oxygen atoms in total. The first-order valence-corrected chi connectivity index (χ1v) is 15.5. The fourth-order valence-corrected chi connectivity index (χ4v) is 7.17. The van der Waals surface area contributed by atoms with Crippen LogP contribution < -0.4 is 27.1 Å². The van der Waals surface area contributed by atoms with Crippen molar-refractivity contribution in [2.45, 2.75) is 50.5 Å². The Hall–Kier alpha value is -4.19. The molecular weight excluding hydrogens is 634 g/mol. The number of nitrogens with zero attached hydrogens (tertiary/aromatic N) is 5. The van der Waals surface area contributed by atoms with Gasteiger partial charge >= 0.3 is 5.97 Å². The number of hydrogen-bond donors (Lipinski definition) is 5. The molecule has 0 aromatic carbocycles. The standard InChI is InChI=1S/C26H28ClN9O6S2/c1-11(28)7-35-14-4-3-5-34(15(14)6-17(35)29)8-13-10-43-24-20(23(39)36(24)16(13)9-37)31-22(38)19(33-42-12(2)25(40)41)18-21(27)44-26(30)32-18/h3-6,9,11-12,20,24,29H,7-8,10,28H2,1-2H3,(H4,30,31,32,38,40,41)/p+1/b33-19-/t11?,12-,20?,24?/m0/s1. The van der Waals surface area contributed by atoms with Gasteiger partial charge in [0.25, 0.3) is 11.8 Å². The quantitative estimate of drug-likeness (QED) is 0.0617. The Labute approximate surface area is 263 Å². The molecule has 0 radical (unpaired) electrons. The van der Waals surface area contributed by atoms with E-state index in [9.17, 15) is 19.2 Å². The van der Waals surface area contributed by atoms with Crippen LogP contribution in [0.15, 0.2) is 40.8 Å². The number of pyridine rings is 1. The summed E-state index contributed by atoms with van der Waals surface area (Å²) < 4.78 is 3.91. The lowest BCUT2D eigenvalue weighted by Crippen LogP contribution is -2.70. The van der Waals surface area contributed by atoms with Crippen LogP contribution in [-0.2, 0) is 37.1 Å². The Bertz CT molecular complexity index is 1740. The second-order valence-electron chi connectivity index (χ2n) is 10.2. The molecule has 5 heterocycles. The highest BCUT2D eigenvalue weighted by Crippen LogP contribution is 2.40. The summed E-state index contributed by atoms with van der Waals surface area (Å²) in [5, 5.41) is 14.9. The van der Waals surface area contributed by atoms with Crippen molar-refractivity contribution < 1.29 is 33.7 Å². The molecule has 3 aromatic rings. The van der Waals surface area contributed by atoms with E-state index in [1.807, 2.05) is 40.5 Å². The van der Waals surface area contributed by atoms with Gasteiger partial charge in [-0.2, -0.15) is 4.57 Å². The number of aldehydes is 1. The molecule has 2 aliphatic rings. The molecule has 3 unspecified atom stereocenters. The molecule has 1 fully saturated rings. The summed E-state index contributed by atoms with van der Waals surface area (Å²) in [6.45, 7) is 3.98. The van der Waals surface area contributed by atoms with E-state index >= 15 is 0 Å². The second kappa shape index (κ2) is 12.4. The fraction of sp³-hybridized carbons (Fsp3) is 0.346. The number of β-lactam (4-membered cyclic amide) rings is 1. The molecular formula is C26H29ClN9O6S2+. The number of nitrogens with one attached hydrogen (secondary N) is 1. The normalized spacial score (nSPS) is 19.8. The number of rotatable bonds is 11. The van der Waals surface area contributed by atoms with Gasteiger partial charge in [0.1, 0.15) is 32.8 Å². The van der Waals surface area contributed by atoms with Gasteiger partial charge in [-0.3, -0.25) is 19.3 Å². The number of halogens is 1. The van der Waals surface area contributed by atoms with Crippen LogP contribution in [0.25, 0.3) is 11.0 Å². The van der Waals surface area contributed by atoms with Gasteiger partial charge in [-0.15, -0.1) is 11.8 Å². The lowest BCUT2D eigenvalue weighted by Gasteiger charge is -2.49. The molecule has 2 aliphatic heterocycles. The number of allylic oxidation sites excluding steroid dienone is 1. The average molecular weight is 663 g/mol. The Morgan fingerprint density at radius 1 is 1.39 bits per heavy atom. The van der Waals surface area contributed by atoms with Crippen LogP contribution in [0.1, 0.15) is 19.5 Å². The molecule has 5 rings (SSSR count). The number of carbonyl (C=O) groups excluding carboxylic acids is 3. The summed E-state index contributed by atoms with van der Waals surface area (Å²) in [6.07, 6.45) is 1.12. The molecule has 0 saturated carbocycles. The van der Waals surface area contributed by atoms with Crippen molar-refractivity contribution in [2.24, 2.45) is 10.9 Å². The van der Waals surface area contributed by atoms with E-state index in [0.717, 1.165) is 27.9 Å². The van der Waals surface area contributed by atoms with Crippen molar-refractivity contribution >= 4 is 86.5 Å². The number of nitrogens with two attached hydrogens (primary N) is 3. The summed E-state index contributed by atoms with van der Waals surface area (Å²) >= 11 is 8.44. The van der Waals surface area contributed by atoms with E-state index < -0.39 is 41.0 Å². The van der Waals surface area contributed by atoms with Crippen LogP contribution in [0, 0.1) is 0 Å². The Morgan fingerprint density at radius 2 is 2.14 bits per heavy atom. The van der Waals surface area contributed by atoms with Crippen molar-refractivity contribution in [1.29, 1.82) is 0 Å². The number of thiazole rings is 1. The van der Waals surface area contributed by atoms with E-state index in [-0.39, 0.29) is 26.9 Å². The number of fused-ring (bicyclic) bond motifs is 2. The third kappa shape index (κ3) is 5.82.